The van der Waals surface area contributed by atoms with Gasteiger partial charge in [0.1, 0.15) is 0 Å². The van der Waals surface area contributed by atoms with E-state index in [4.69, 9.17) is 14.8 Å². The molecule has 0 saturated heterocycles. The summed E-state index contributed by atoms with van der Waals surface area (Å²) in [6.45, 7) is 2.70. The fourth-order valence-electron chi connectivity index (χ4n) is 2.36. The minimum Gasteiger partial charge on any atom is -0.469 e. The standard InChI is InChI=1S/C11H21NO2.C2H7BO2.CH5N/c1-12(2)8-9-6-4-5-7-10(9)11(13)14-3;1-2-3(4)5;1-2/h9-10H,4-8H2,1-3H3;4-5H,2H2,1H3;2H2,1H3. The third kappa shape index (κ3) is 11.7. The zero-order valence-corrected chi connectivity index (χ0v) is 14.2. The van der Waals surface area contributed by atoms with E-state index in [-0.39, 0.29) is 11.9 Å². The molecule has 0 aromatic heterocycles. The molecule has 0 bridgehead atoms. The number of nitrogens with two attached hydrogens (primary N) is 1. The van der Waals surface area contributed by atoms with Gasteiger partial charge in [-0.3, -0.25) is 4.79 Å². The van der Waals surface area contributed by atoms with E-state index in [1.807, 2.05) is 0 Å². The molecule has 1 aliphatic carbocycles. The zero-order valence-electron chi connectivity index (χ0n) is 14.2. The van der Waals surface area contributed by atoms with Gasteiger partial charge >= 0.3 is 13.1 Å². The van der Waals surface area contributed by atoms with Crippen LogP contribution in [0.2, 0.25) is 6.32 Å². The molecular formula is C14H33BN2O4. The van der Waals surface area contributed by atoms with Gasteiger partial charge in [0.2, 0.25) is 0 Å². The number of nitrogens with zero attached hydrogens (tertiary/aromatic N) is 1. The molecule has 0 aliphatic heterocycles. The second-order valence-corrected chi connectivity index (χ2v) is 5.33. The summed E-state index contributed by atoms with van der Waals surface area (Å²) in [7, 11) is 5.99. The smallest absolute Gasteiger partial charge is 0.451 e. The van der Waals surface area contributed by atoms with Crippen LogP contribution >= 0.6 is 0 Å². The number of methoxy groups -OCH3 is 1. The molecule has 126 valence electrons. The maximum absolute atomic E-state index is 11.5. The first-order valence-corrected chi connectivity index (χ1v) is 7.58. The average Bonchev–Trinajstić information content (AvgIpc) is 2.49. The SMILES string of the molecule is CCB(O)O.CN.COC(=O)C1CCCCC1CN(C)C. The Balaban J connectivity index is 0. The molecule has 1 rings (SSSR count). The second-order valence-electron chi connectivity index (χ2n) is 5.33. The minimum absolute atomic E-state index is 0.0171. The molecule has 1 saturated carbocycles. The summed E-state index contributed by atoms with van der Waals surface area (Å²) >= 11 is 0. The van der Waals surface area contributed by atoms with Crippen LogP contribution in [0.3, 0.4) is 0 Å². The lowest BCUT2D eigenvalue weighted by molar-refractivity contribution is -0.148. The first kappa shape index (κ1) is 22.7. The highest BCUT2D eigenvalue weighted by atomic mass is 16.5. The monoisotopic (exact) mass is 304 g/mol. The van der Waals surface area contributed by atoms with Gasteiger partial charge in [-0.2, -0.15) is 0 Å². The van der Waals surface area contributed by atoms with Crippen molar-refractivity contribution in [2.24, 2.45) is 17.6 Å². The van der Waals surface area contributed by atoms with Crippen LogP contribution in [-0.2, 0) is 9.53 Å². The molecule has 0 aromatic rings. The quantitative estimate of drug-likeness (QED) is 0.519. The van der Waals surface area contributed by atoms with Crippen LogP contribution in [0, 0.1) is 11.8 Å². The Morgan fingerprint density at radius 1 is 1.29 bits per heavy atom. The van der Waals surface area contributed by atoms with Gasteiger partial charge in [-0.25, -0.2) is 0 Å². The largest absolute Gasteiger partial charge is 0.469 e. The third-order valence-corrected chi connectivity index (χ3v) is 3.38. The summed E-state index contributed by atoms with van der Waals surface area (Å²) < 4.78 is 4.84. The Morgan fingerprint density at radius 2 is 1.76 bits per heavy atom. The molecule has 0 aromatic carbocycles. The predicted molar refractivity (Wildman–Crippen MR) is 86.8 cm³/mol. The van der Waals surface area contributed by atoms with Crippen molar-refractivity contribution >= 4 is 13.1 Å². The van der Waals surface area contributed by atoms with E-state index >= 15 is 0 Å². The fraction of sp³-hybridized carbons (Fsp3) is 0.929. The molecule has 0 amide bonds. The van der Waals surface area contributed by atoms with Gasteiger partial charge < -0.3 is 25.4 Å². The van der Waals surface area contributed by atoms with Crippen LogP contribution in [0.4, 0.5) is 0 Å². The molecular weight excluding hydrogens is 271 g/mol. The van der Waals surface area contributed by atoms with Crippen LogP contribution in [0.5, 0.6) is 0 Å². The predicted octanol–water partition coefficient (Wildman–Crippen LogP) is 0.581. The van der Waals surface area contributed by atoms with Gasteiger partial charge in [-0.1, -0.05) is 19.8 Å². The lowest BCUT2D eigenvalue weighted by Crippen LogP contribution is -2.34. The van der Waals surface area contributed by atoms with Crippen LogP contribution in [-0.4, -0.2) is 62.8 Å². The molecule has 2 atom stereocenters. The summed E-state index contributed by atoms with van der Waals surface area (Å²) in [6, 6.07) is 0. The molecule has 21 heavy (non-hydrogen) atoms. The molecule has 6 nitrogen and oxygen atoms in total. The maximum atomic E-state index is 11.5. The van der Waals surface area contributed by atoms with Gasteiger partial charge in [0.25, 0.3) is 0 Å². The number of carbonyl (C=O) groups is 1. The lowest BCUT2D eigenvalue weighted by atomic mass is 9.79. The van der Waals surface area contributed by atoms with Crippen LogP contribution < -0.4 is 5.73 Å². The van der Waals surface area contributed by atoms with E-state index in [1.165, 1.54) is 27.0 Å². The molecule has 1 fully saturated rings. The molecule has 0 spiro atoms. The van der Waals surface area contributed by atoms with Crippen molar-refractivity contribution in [3.63, 3.8) is 0 Å². The van der Waals surface area contributed by atoms with Crippen LogP contribution in [0.15, 0.2) is 0 Å². The van der Waals surface area contributed by atoms with E-state index in [9.17, 15) is 4.79 Å². The van der Waals surface area contributed by atoms with Crippen molar-refractivity contribution < 1.29 is 19.6 Å². The van der Waals surface area contributed by atoms with Gasteiger partial charge in [0.05, 0.1) is 13.0 Å². The van der Waals surface area contributed by atoms with Gasteiger partial charge in [0.15, 0.2) is 0 Å². The van der Waals surface area contributed by atoms with Crippen molar-refractivity contribution in [3.8, 4) is 0 Å². The van der Waals surface area contributed by atoms with E-state index in [1.54, 1.807) is 6.92 Å². The normalized spacial score (nSPS) is 20.6. The number of hydrogen-bond acceptors (Lipinski definition) is 6. The second kappa shape index (κ2) is 14.3. The van der Waals surface area contributed by atoms with Crippen molar-refractivity contribution in [1.82, 2.24) is 4.90 Å². The van der Waals surface area contributed by atoms with Crippen molar-refractivity contribution in [1.29, 1.82) is 0 Å². The van der Waals surface area contributed by atoms with E-state index in [2.05, 4.69) is 24.7 Å². The molecule has 4 N–H and O–H groups in total. The zero-order chi connectivity index (χ0) is 16.8. The van der Waals surface area contributed by atoms with Gasteiger partial charge in [-0.05, 0) is 46.2 Å². The van der Waals surface area contributed by atoms with Crippen molar-refractivity contribution in [2.75, 3.05) is 34.8 Å². The van der Waals surface area contributed by atoms with E-state index in [0.717, 1.165) is 19.4 Å². The fourth-order valence-corrected chi connectivity index (χ4v) is 2.36. The lowest BCUT2D eigenvalue weighted by Gasteiger charge is -2.31. The average molecular weight is 304 g/mol. The highest BCUT2D eigenvalue weighted by molar-refractivity contribution is 6.40. The number of rotatable bonds is 4. The first-order chi connectivity index (χ1) is 9.92. The molecule has 1 aliphatic rings. The van der Waals surface area contributed by atoms with E-state index < -0.39 is 7.12 Å². The molecule has 7 heteroatoms. The van der Waals surface area contributed by atoms with E-state index in [0.29, 0.717) is 12.2 Å². The maximum Gasteiger partial charge on any atom is 0.451 e. The number of hydrogen-bond donors (Lipinski definition) is 3. The Morgan fingerprint density at radius 3 is 2.14 bits per heavy atom. The van der Waals surface area contributed by atoms with Crippen molar-refractivity contribution in [3.05, 3.63) is 0 Å². The molecule has 0 radical (unpaired) electrons. The highest BCUT2D eigenvalue weighted by Crippen LogP contribution is 2.31. The number of carbonyl (C=O) groups excluding carboxylic acids is 1. The van der Waals surface area contributed by atoms with Crippen LogP contribution in [0.25, 0.3) is 0 Å². The van der Waals surface area contributed by atoms with Gasteiger partial charge in [-0.15, -0.1) is 0 Å². The highest BCUT2D eigenvalue weighted by Gasteiger charge is 2.31. The first-order valence-electron chi connectivity index (χ1n) is 7.58. The van der Waals surface area contributed by atoms with Gasteiger partial charge in [0, 0.05) is 6.54 Å². The Hall–Kier alpha value is -0.625. The van der Waals surface area contributed by atoms with Crippen LogP contribution in [0.1, 0.15) is 32.6 Å². The molecule has 0 heterocycles. The summed E-state index contributed by atoms with van der Waals surface area (Å²) in [5, 5.41) is 15.8. The third-order valence-electron chi connectivity index (χ3n) is 3.38. The Bertz CT molecular complexity index is 253. The minimum atomic E-state index is -1.12. The number of esters is 1. The van der Waals surface area contributed by atoms with Crippen molar-refractivity contribution in [2.45, 2.75) is 38.9 Å². The topological polar surface area (TPSA) is 96.0 Å². The summed E-state index contributed by atoms with van der Waals surface area (Å²) in [4.78, 5) is 13.7. The number of ether oxygens (including phenoxy) is 1. The Labute approximate surface area is 129 Å². The summed E-state index contributed by atoms with van der Waals surface area (Å²) in [6.07, 6.45) is 5.01. The summed E-state index contributed by atoms with van der Waals surface area (Å²) in [5.74, 6) is 0.610. The molecule has 2 unspecified atom stereocenters. The Kier molecular flexibility index (Phi) is 15.4. The summed E-state index contributed by atoms with van der Waals surface area (Å²) in [5.41, 5.74) is 4.50.